The first-order valence-corrected chi connectivity index (χ1v) is 10.5. The molecule has 1 saturated heterocycles. The van der Waals surface area contributed by atoms with Gasteiger partial charge in [-0.25, -0.2) is 0 Å². The Kier molecular flexibility index (Phi) is 5.05. The van der Waals surface area contributed by atoms with E-state index in [1.54, 1.807) is 0 Å². The third-order valence-corrected chi connectivity index (χ3v) is 6.85. The summed E-state index contributed by atoms with van der Waals surface area (Å²) in [7, 11) is 0. The molecular formula is C21H23ClN2OS. The summed E-state index contributed by atoms with van der Waals surface area (Å²) in [5.41, 5.74) is 3.38. The molecule has 3 nitrogen and oxygen atoms in total. The van der Waals surface area contributed by atoms with Gasteiger partial charge in [0.05, 0.1) is 15.5 Å². The molecule has 1 N–H and O–H groups in total. The van der Waals surface area contributed by atoms with Gasteiger partial charge in [-0.2, -0.15) is 0 Å². The Balaban J connectivity index is 1.65. The summed E-state index contributed by atoms with van der Waals surface area (Å²) < 4.78 is 3.79. The lowest BCUT2D eigenvalue weighted by Crippen LogP contribution is -2.29. The molecule has 1 aliphatic heterocycles. The van der Waals surface area contributed by atoms with Crippen LogP contribution >= 0.6 is 23.1 Å². The number of nitrogens with one attached hydrogen (secondary N) is 1. The molecule has 2 unspecified atom stereocenters. The van der Waals surface area contributed by atoms with E-state index in [1.807, 2.05) is 18.2 Å². The summed E-state index contributed by atoms with van der Waals surface area (Å²) >= 11 is 8.25. The third kappa shape index (κ3) is 3.28. The van der Waals surface area contributed by atoms with E-state index in [-0.39, 0.29) is 16.9 Å². The number of aromatic amines is 1. The maximum atomic E-state index is 12.2. The van der Waals surface area contributed by atoms with Crippen LogP contribution in [0.15, 0.2) is 47.3 Å². The quantitative estimate of drug-likeness (QED) is 0.587. The number of hydrogen-bond acceptors (Lipinski definition) is 3. The van der Waals surface area contributed by atoms with E-state index in [9.17, 15) is 4.79 Å². The van der Waals surface area contributed by atoms with Crippen molar-refractivity contribution in [2.75, 3.05) is 18.0 Å². The van der Waals surface area contributed by atoms with Gasteiger partial charge in [-0.1, -0.05) is 42.7 Å². The van der Waals surface area contributed by atoms with Crippen LogP contribution in [0.25, 0.3) is 10.1 Å². The number of nitrogens with zero attached hydrogens (tertiary/aromatic N) is 1. The third-order valence-electron chi connectivity index (χ3n) is 5.39. The van der Waals surface area contributed by atoms with E-state index in [4.69, 9.17) is 11.6 Å². The predicted octanol–water partition coefficient (Wildman–Crippen LogP) is 5.66. The SMILES string of the molecule is CC(c1cccc(N2CCCCC2)c1)C(Cl)c1cccc2s[nH]c(=O)c12. The Morgan fingerprint density at radius 3 is 2.69 bits per heavy atom. The average Bonchev–Trinajstić information content (AvgIpc) is 3.09. The molecule has 136 valence electrons. The van der Waals surface area contributed by atoms with Crippen molar-refractivity contribution in [1.82, 2.24) is 4.37 Å². The number of anilines is 1. The van der Waals surface area contributed by atoms with Crippen molar-refractivity contribution in [3.63, 3.8) is 0 Å². The van der Waals surface area contributed by atoms with Gasteiger partial charge in [0.25, 0.3) is 5.56 Å². The second-order valence-electron chi connectivity index (χ2n) is 7.09. The number of halogens is 1. The summed E-state index contributed by atoms with van der Waals surface area (Å²) in [5, 5.41) is 0.488. The fourth-order valence-electron chi connectivity index (χ4n) is 3.85. The number of hydrogen-bond donors (Lipinski definition) is 1. The van der Waals surface area contributed by atoms with Crippen LogP contribution in [-0.4, -0.2) is 17.5 Å². The first-order chi connectivity index (χ1) is 12.6. The number of alkyl halides is 1. The molecule has 0 amide bonds. The minimum atomic E-state index is -0.244. The Morgan fingerprint density at radius 1 is 1.12 bits per heavy atom. The maximum absolute atomic E-state index is 12.2. The smallest absolute Gasteiger partial charge is 0.266 e. The lowest BCUT2D eigenvalue weighted by atomic mass is 9.91. The van der Waals surface area contributed by atoms with Gasteiger partial charge >= 0.3 is 0 Å². The topological polar surface area (TPSA) is 36.1 Å². The molecular weight excluding hydrogens is 364 g/mol. The number of aromatic nitrogens is 1. The summed E-state index contributed by atoms with van der Waals surface area (Å²) in [6.45, 7) is 4.41. The van der Waals surface area contributed by atoms with E-state index < -0.39 is 0 Å². The van der Waals surface area contributed by atoms with Crippen molar-refractivity contribution in [1.29, 1.82) is 0 Å². The van der Waals surface area contributed by atoms with E-state index in [0.717, 1.165) is 28.7 Å². The zero-order valence-corrected chi connectivity index (χ0v) is 16.4. The summed E-state index contributed by atoms with van der Waals surface area (Å²) in [6.07, 6.45) is 3.86. The Labute approximate surface area is 162 Å². The summed E-state index contributed by atoms with van der Waals surface area (Å²) in [6, 6.07) is 14.6. The average molecular weight is 387 g/mol. The molecule has 1 aliphatic rings. The highest BCUT2D eigenvalue weighted by Gasteiger charge is 2.23. The van der Waals surface area contributed by atoms with Gasteiger partial charge in [0.15, 0.2) is 0 Å². The van der Waals surface area contributed by atoms with Gasteiger partial charge in [-0.05, 0) is 48.6 Å². The first kappa shape index (κ1) is 17.6. The highest BCUT2D eigenvalue weighted by Crippen LogP contribution is 2.39. The monoisotopic (exact) mass is 386 g/mol. The Morgan fingerprint density at radius 2 is 1.88 bits per heavy atom. The van der Waals surface area contributed by atoms with E-state index in [2.05, 4.69) is 40.5 Å². The largest absolute Gasteiger partial charge is 0.372 e. The molecule has 0 radical (unpaired) electrons. The van der Waals surface area contributed by atoms with Gasteiger partial charge in [-0.3, -0.25) is 9.17 Å². The zero-order chi connectivity index (χ0) is 18.1. The number of piperidine rings is 1. The molecule has 2 heterocycles. The standard InChI is InChI=1S/C21H23ClN2OS/c1-14(15-7-5-8-16(13-15)24-11-3-2-4-12-24)20(22)17-9-6-10-18-19(17)21(25)23-26-18/h5-10,13-14,20H,2-4,11-12H2,1H3,(H,23,25). The summed E-state index contributed by atoms with van der Waals surface area (Å²) in [5.74, 6) is 0.117. The number of benzene rings is 2. The van der Waals surface area contributed by atoms with Crippen molar-refractivity contribution < 1.29 is 0 Å². The normalized spacial score (nSPS) is 17.4. The van der Waals surface area contributed by atoms with Crippen LogP contribution < -0.4 is 10.5 Å². The van der Waals surface area contributed by atoms with Gasteiger partial charge in [0.1, 0.15) is 0 Å². The van der Waals surface area contributed by atoms with E-state index in [0.29, 0.717) is 0 Å². The van der Waals surface area contributed by atoms with E-state index in [1.165, 1.54) is 42.0 Å². The van der Waals surface area contributed by atoms with Crippen LogP contribution in [-0.2, 0) is 0 Å². The van der Waals surface area contributed by atoms with Crippen molar-refractivity contribution >= 4 is 38.9 Å². The summed E-state index contributed by atoms with van der Waals surface area (Å²) in [4.78, 5) is 14.7. The van der Waals surface area contributed by atoms with Crippen molar-refractivity contribution in [3.05, 3.63) is 63.9 Å². The molecule has 0 bridgehead atoms. The highest BCUT2D eigenvalue weighted by atomic mass is 35.5. The molecule has 0 aliphatic carbocycles. The van der Waals surface area contributed by atoms with Gasteiger partial charge in [-0.15, -0.1) is 11.6 Å². The minimum absolute atomic E-state index is 0.0412. The van der Waals surface area contributed by atoms with Gasteiger partial charge in [0.2, 0.25) is 0 Å². The molecule has 2 aromatic carbocycles. The first-order valence-electron chi connectivity index (χ1n) is 9.24. The van der Waals surface area contributed by atoms with Gasteiger partial charge < -0.3 is 4.90 Å². The van der Waals surface area contributed by atoms with Crippen molar-refractivity contribution in [3.8, 4) is 0 Å². The predicted molar refractivity (Wildman–Crippen MR) is 112 cm³/mol. The molecule has 5 heteroatoms. The molecule has 4 rings (SSSR count). The Hall–Kier alpha value is -1.78. The van der Waals surface area contributed by atoms with E-state index >= 15 is 0 Å². The fraction of sp³-hybridized carbons (Fsp3) is 0.381. The van der Waals surface area contributed by atoms with Crippen LogP contribution in [0.2, 0.25) is 0 Å². The Bertz CT molecular complexity index is 958. The molecule has 3 aromatic rings. The molecule has 2 atom stereocenters. The second-order valence-corrected chi connectivity index (χ2v) is 8.41. The van der Waals surface area contributed by atoms with Crippen LogP contribution in [0.5, 0.6) is 0 Å². The lowest BCUT2D eigenvalue weighted by molar-refractivity contribution is 0.577. The fourth-order valence-corrected chi connectivity index (χ4v) is 4.94. The number of H-pyrrole nitrogens is 1. The zero-order valence-electron chi connectivity index (χ0n) is 14.9. The molecule has 26 heavy (non-hydrogen) atoms. The molecule has 0 saturated carbocycles. The maximum Gasteiger partial charge on any atom is 0.266 e. The van der Waals surface area contributed by atoms with Crippen LogP contribution in [0, 0.1) is 0 Å². The van der Waals surface area contributed by atoms with Crippen LogP contribution in [0.4, 0.5) is 5.69 Å². The van der Waals surface area contributed by atoms with Crippen molar-refractivity contribution in [2.45, 2.75) is 37.5 Å². The van der Waals surface area contributed by atoms with Crippen LogP contribution in [0.3, 0.4) is 0 Å². The van der Waals surface area contributed by atoms with Crippen molar-refractivity contribution in [2.24, 2.45) is 0 Å². The highest BCUT2D eigenvalue weighted by molar-refractivity contribution is 7.13. The molecule has 1 fully saturated rings. The number of rotatable bonds is 4. The second kappa shape index (κ2) is 7.45. The lowest BCUT2D eigenvalue weighted by Gasteiger charge is -2.30. The number of fused-ring (bicyclic) bond motifs is 1. The minimum Gasteiger partial charge on any atom is -0.372 e. The van der Waals surface area contributed by atoms with Crippen LogP contribution in [0.1, 0.15) is 48.6 Å². The molecule has 1 aromatic heterocycles. The molecule has 0 spiro atoms. The van der Waals surface area contributed by atoms with Gasteiger partial charge in [0, 0.05) is 24.7 Å².